The number of hydrogen-bond donors (Lipinski definition) is 1. The third kappa shape index (κ3) is 5.83. The molecule has 2 aromatic heterocycles. The van der Waals surface area contributed by atoms with Gasteiger partial charge in [0, 0.05) is 5.02 Å². The van der Waals surface area contributed by atoms with Crippen LogP contribution in [0.15, 0.2) is 100 Å². The van der Waals surface area contributed by atoms with E-state index in [-0.39, 0.29) is 24.3 Å². The monoisotopic (exact) mass is 580 g/mol. The lowest BCUT2D eigenvalue weighted by Gasteiger charge is -2.32. The number of furan rings is 1. The van der Waals surface area contributed by atoms with Crippen molar-refractivity contribution in [2.45, 2.75) is 32.1 Å². The number of halogens is 4. The first kappa shape index (κ1) is 28.0. The van der Waals surface area contributed by atoms with Gasteiger partial charge in [0.25, 0.3) is 5.56 Å². The molecule has 0 saturated heterocycles. The van der Waals surface area contributed by atoms with Crippen LogP contribution in [0.4, 0.5) is 23.7 Å². The highest BCUT2D eigenvalue weighted by atomic mass is 35.5. The van der Waals surface area contributed by atoms with E-state index < -0.39 is 29.5 Å². The maximum absolute atomic E-state index is 13.8. The highest BCUT2D eigenvalue weighted by Crippen LogP contribution is 2.35. The molecular weight excluding hydrogens is 557 g/mol. The van der Waals surface area contributed by atoms with Gasteiger partial charge in [-0.1, -0.05) is 42.8 Å². The van der Waals surface area contributed by atoms with Crippen molar-refractivity contribution in [3.63, 3.8) is 0 Å². The minimum absolute atomic E-state index is 0.102. The van der Waals surface area contributed by atoms with Crippen LogP contribution in [0.25, 0.3) is 16.6 Å². The normalized spacial score (nSPS) is 12.3. The molecule has 7 nitrogen and oxygen atoms in total. The summed E-state index contributed by atoms with van der Waals surface area (Å²) in [6.45, 7) is 1.69. The molecule has 3 aromatic carbocycles. The lowest BCUT2D eigenvalue weighted by Crippen LogP contribution is -2.40. The minimum Gasteiger partial charge on any atom is -0.467 e. The number of fused-ring (bicyclic) bond motifs is 1. The van der Waals surface area contributed by atoms with Gasteiger partial charge in [0.2, 0.25) is 0 Å². The Morgan fingerprint density at radius 1 is 1.02 bits per heavy atom. The number of nitrogens with one attached hydrogen (secondary N) is 1. The molecule has 41 heavy (non-hydrogen) atoms. The van der Waals surface area contributed by atoms with Gasteiger partial charge in [-0.3, -0.25) is 9.36 Å². The number of rotatable bonds is 7. The summed E-state index contributed by atoms with van der Waals surface area (Å²) in [6.07, 6.45) is -2.98. The smallest absolute Gasteiger partial charge is 0.418 e. The van der Waals surface area contributed by atoms with Crippen LogP contribution in [-0.2, 0) is 12.7 Å². The van der Waals surface area contributed by atoms with E-state index in [1.165, 1.54) is 33.9 Å². The summed E-state index contributed by atoms with van der Waals surface area (Å²) in [5.41, 5.74) is -0.872. The molecule has 5 rings (SSSR count). The molecule has 0 spiro atoms. The second kappa shape index (κ2) is 11.5. The maximum Gasteiger partial charge on any atom is 0.418 e. The lowest BCUT2D eigenvalue weighted by atomic mass is 10.1. The predicted octanol–water partition coefficient (Wildman–Crippen LogP) is 7.84. The Kier molecular flexibility index (Phi) is 7.85. The number of alkyl halides is 3. The van der Waals surface area contributed by atoms with Crippen molar-refractivity contribution in [2.24, 2.45) is 0 Å². The molecule has 0 saturated carbocycles. The van der Waals surface area contributed by atoms with E-state index in [2.05, 4.69) is 5.32 Å². The van der Waals surface area contributed by atoms with E-state index in [9.17, 15) is 22.8 Å². The Bertz CT molecular complexity index is 1740. The van der Waals surface area contributed by atoms with Crippen LogP contribution in [0.2, 0.25) is 5.02 Å². The number of hydrogen-bond acceptors (Lipinski definition) is 4. The fraction of sp³-hybridized carbons (Fsp3) is 0.167. The number of anilines is 1. The number of nitrogens with zero attached hydrogens (tertiary/aromatic N) is 3. The molecule has 0 aliphatic rings. The van der Waals surface area contributed by atoms with E-state index in [1.807, 2.05) is 0 Å². The van der Waals surface area contributed by atoms with Crippen molar-refractivity contribution in [2.75, 3.05) is 5.32 Å². The summed E-state index contributed by atoms with van der Waals surface area (Å²) < 4.78 is 48.0. The molecule has 210 valence electrons. The molecule has 0 fully saturated rings. The van der Waals surface area contributed by atoms with Crippen LogP contribution in [-0.4, -0.2) is 20.5 Å². The van der Waals surface area contributed by atoms with Gasteiger partial charge < -0.3 is 14.6 Å². The highest BCUT2D eigenvalue weighted by molar-refractivity contribution is 6.30. The van der Waals surface area contributed by atoms with Gasteiger partial charge in [-0.15, -0.1) is 0 Å². The largest absolute Gasteiger partial charge is 0.467 e. The Morgan fingerprint density at radius 3 is 2.41 bits per heavy atom. The van der Waals surface area contributed by atoms with E-state index in [4.69, 9.17) is 21.0 Å². The number of urea groups is 1. The summed E-state index contributed by atoms with van der Waals surface area (Å²) >= 11 is 6.10. The second-order valence-corrected chi connectivity index (χ2v) is 9.65. The Balaban J connectivity index is 1.67. The van der Waals surface area contributed by atoms with Crippen LogP contribution in [0.5, 0.6) is 0 Å². The quantitative estimate of drug-likeness (QED) is 0.213. The number of carbonyl (C=O) groups excluding carboxylic acids is 1. The standard InChI is InChI=1S/C30H24ClF3N4O3/c1-2-26(27-35-24-11-5-3-9-22(24)28(39)38(27)20-15-13-19(31)14-16-20)37(18-21-8-7-17-41-21)29(40)36-25-12-6-4-10-23(25)30(32,33)34/h3-17,26H,2,18H2,1H3,(H,36,40). The zero-order chi connectivity index (χ0) is 29.1. The lowest BCUT2D eigenvalue weighted by molar-refractivity contribution is -0.136. The first-order valence-corrected chi connectivity index (χ1v) is 13.1. The molecule has 0 bridgehead atoms. The molecule has 2 heterocycles. The number of aromatic nitrogens is 2. The molecule has 11 heteroatoms. The van der Waals surface area contributed by atoms with Gasteiger partial charge in [-0.2, -0.15) is 13.2 Å². The van der Waals surface area contributed by atoms with Crippen molar-refractivity contribution >= 4 is 34.2 Å². The average molecular weight is 581 g/mol. The molecule has 0 aliphatic heterocycles. The summed E-state index contributed by atoms with van der Waals surface area (Å²) in [5.74, 6) is 0.619. The number of para-hydroxylation sites is 2. The predicted molar refractivity (Wildman–Crippen MR) is 150 cm³/mol. The van der Waals surface area contributed by atoms with E-state index in [1.54, 1.807) is 67.6 Å². The van der Waals surface area contributed by atoms with Gasteiger partial charge in [0.15, 0.2) is 0 Å². The van der Waals surface area contributed by atoms with Crippen LogP contribution in [0.1, 0.15) is 36.5 Å². The summed E-state index contributed by atoms with van der Waals surface area (Å²) in [5, 5.41) is 3.25. The fourth-order valence-electron chi connectivity index (χ4n) is 4.68. The molecule has 1 atom stereocenters. The number of benzene rings is 3. The van der Waals surface area contributed by atoms with Crippen LogP contribution in [0.3, 0.4) is 0 Å². The molecule has 0 aliphatic carbocycles. The molecule has 5 aromatic rings. The average Bonchev–Trinajstić information content (AvgIpc) is 3.47. The highest BCUT2D eigenvalue weighted by Gasteiger charge is 2.35. The summed E-state index contributed by atoms with van der Waals surface area (Å²) in [6, 6.07) is 19.7. The van der Waals surface area contributed by atoms with Crippen molar-refractivity contribution in [1.82, 2.24) is 14.5 Å². The van der Waals surface area contributed by atoms with Gasteiger partial charge in [0.05, 0.1) is 46.7 Å². The summed E-state index contributed by atoms with van der Waals surface area (Å²) in [4.78, 5) is 33.8. The minimum atomic E-state index is -4.69. The van der Waals surface area contributed by atoms with E-state index >= 15 is 0 Å². The fourth-order valence-corrected chi connectivity index (χ4v) is 4.80. The van der Waals surface area contributed by atoms with Crippen molar-refractivity contribution in [1.29, 1.82) is 0 Å². The van der Waals surface area contributed by atoms with Crippen molar-refractivity contribution in [3.8, 4) is 5.69 Å². The Hall–Kier alpha value is -4.57. The molecule has 0 radical (unpaired) electrons. The van der Waals surface area contributed by atoms with Crippen LogP contribution >= 0.6 is 11.6 Å². The van der Waals surface area contributed by atoms with Gasteiger partial charge in [-0.05, 0) is 67.1 Å². The Morgan fingerprint density at radius 2 is 1.73 bits per heavy atom. The van der Waals surface area contributed by atoms with Crippen molar-refractivity contribution < 1.29 is 22.4 Å². The first-order valence-electron chi connectivity index (χ1n) is 12.7. The van der Waals surface area contributed by atoms with Crippen LogP contribution in [0, 0.1) is 0 Å². The third-order valence-corrected chi connectivity index (χ3v) is 6.84. The zero-order valence-corrected chi connectivity index (χ0v) is 22.5. The second-order valence-electron chi connectivity index (χ2n) is 9.21. The molecule has 1 unspecified atom stereocenters. The number of amides is 2. The van der Waals surface area contributed by atoms with Gasteiger partial charge in [-0.25, -0.2) is 9.78 Å². The third-order valence-electron chi connectivity index (χ3n) is 6.59. The topological polar surface area (TPSA) is 80.4 Å². The molecule has 1 N–H and O–H groups in total. The first-order chi connectivity index (χ1) is 19.7. The van der Waals surface area contributed by atoms with Crippen LogP contribution < -0.4 is 10.9 Å². The maximum atomic E-state index is 13.8. The Labute approximate surface area is 237 Å². The molecular formula is C30H24ClF3N4O3. The number of carbonyl (C=O) groups is 1. The zero-order valence-electron chi connectivity index (χ0n) is 21.7. The van der Waals surface area contributed by atoms with E-state index in [0.29, 0.717) is 27.4 Å². The van der Waals surface area contributed by atoms with Gasteiger partial charge in [0.1, 0.15) is 11.6 Å². The summed E-state index contributed by atoms with van der Waals surface area (Å²) in [7, 11) is 0. The van der Waals surface area contributed by atoms with E-state index in [0.717, 1.165) is 6.07 Å². The SMILES string of the molecule is CCC(c1nc2ccccc2c(=O)n1-c1ccc(Cl)cc1)N(Cc1ccco1)C(=O)Nc1ccccc1C(F)(F)F. The van der Waals surface area contributed by atoms with Gasteiger partial charge >= 0.3 is 12.2 Å². The van der Waals surface area contributed by atoms with Crippen molar-refractivity contribution in [3.05, 3.63) is 124 Å². The molecule has 2 amide bonds.